The molecule has 3 atom stereocenters. The first kappa shape index (κ1) is 26.3. The molecule has 0 bridgehead atoms. The fourth-order valence-electron chi connectivity index (χ4n) is 6.82. The molecular weight excluding hydrogens is 503 g/mol. The molecular formula is C29H37FN4O5. The summed E-state index contributed by atoms with van der Waals surface area (Å²) in [7, 11) is 0. The maximum Gasteiger partial charge on any atom is 0.412 e. The van der Waals surface area contributed by atoms with Crippen LogP contribution in [0.4, 0.5) is 14.9 Å². The third-order valence-corrected chi connectivity index (χ3v) is 8.54. The van der Waals surface area contributed by atoms with Crippen LogP contribution in [0.2, 0.25) is 0 Å². The number of hydrogen-bond donors (Lipinski definition) is 2. The number of alkyl halides is 1. The summed E-state index contributed by atoms with van der Waals surface area (Å²) < 4.78 is 32.1. The van der Waals surface area contributed by atoms with Crippen LogP contribution in [0, 0.1) is 0 Å². The third kappa shape index (κ3) is 5.04. The molecule has 1 aromatic carbocycles. The van der Waals surface area contributed by atoms with Crippen molar-refractivity contribution in [3.05, 3.63) is 50.9 Å². The van der Waals surface area contributed by atoms with Gasteiger partial charge in [0.1, 0.15) is 18.4 Å². The number of ether oxygens (including phenoxy) is 3. The second-order valence-electron chi connectivity index (χ2n) is 12.5. The Labute approximate surface area is 227 Å². The van der Waals surface area contributed by atoms with E-state index in [2.05, 4.69) is 15.2 Å². The van der Waals surface area contributed by atoms with E-state index in [9.17, 15) is 14.0 Å². The lowest BCUT2D eigenvalue weighted by atomic mass is 9.74. The standard InChI is InChI=1S/C29H37FN4O5/c1-27(2,3)39-26(36)31-20-8-7-18-6-4-10-29(22(18)12-20)14-23-21(16-38-29)24(35)33-25(32-23)37-17-28-9-5-11-34(28)15-19(30)13-28/h7-8,12,19H,4-6,9-11,13-17H2,1-3H3,(H,31,36)(H,32,33,35)/t19?,28-,29-/m0/s1. The predicted octanol–water partition coefficient (Wildman–Crippen LogP) is 4.38. The quantitative estimate of drug-likeness (QED) is 0.593. The van der Waals surface area contributed by atoms with Crippen LogP contribution in [0.1, 0.15) is 75.3 Å². The average Bonchev–Trinajstić information content (AvgIpc) is 3.38. The van der Waals surface area contributed by atoms with Crippen molar-refractivity contribution in [2.45, 2.75) is 95.2 Å². The van der Waals surface area contributed by atoms with E-state index in [-0.39, 0.29) is 23.7 Å². The SMILES string of the molecule is CC(C)(C)OC(=O)Nc1ccc2c(c1)[C@]1(CCC2)Cc2nc(OC[C@@]34CCCN3CC(F)C4)[nH]c(=O)c2CO1. The molecule has 1 aliphatic carbocycles. The molecule has 2 N–H and O–H groups in total. The molecule has 3 aliphatic heterocycles. The van der Waals surface area contributed by atoms with Crippen molar-refractivity contribution >= 4 is 11.8 Å². The highest BCUT2D eigenvalue weighted by Gasteiger charge is 2.49. The van der Waals surface area contributed by atoms with Crippen LogP contribution < -0.4 is 15.6 Å². The summed E-state index contributed by atoms with van der Waals surface area (Å²) in [6.45, 7) is 7.24. The predicted molar refractivity (Wildman–Crippen MR) is 143 cm³/mol. The van der Waals surface area contributed by atoms with E-state index < -0.39 is 23.5 Å². The van der Waals surface area contributed by atoms with Crippen molar-refractivity contribution in [2.75, 3.05) is 25.0 Å². The van der Waals surface area contributed by atoms with Crippen LogP contribution in [-0.2, 0) is 34.5 Å². The minimum Gasteiger partial charge on any atom is -0.463 e. The largest absolute Gasteiger partial charge is 0.463 e. The Bertz CT molecular complexity index is 1340. The molecule has 210 valence electrons. The van der Waals surface area contributed by atoms with Gasteiger partial charge in [-0.1, -0.05) is 6.07 Å². The highest BCUT2D eigenvalue weighted by atomic mass is 19.1. The van der Waals surface area contributed by atoms with E-state index in [1.165, 1.54) is 0 Å². The van der Waals surface area contributed by atoms with Crippen LogP contribution in [0.15, 0.2) is 23.0 Å². The van der Waals surface area contributed by atoms with Gasteiger partial charge in [0.25, 0.3) is 11.6 Å². The smallest absolute Gasteiger partial charge is 0.412 e. The minimum atomic E-state index is -0.845. The Hall–Kier alpha value is -2.98. The van der Waals surface area contributed by atoms with Crippen LogP contribution in [0.3, 0.4) is 0 Å². The third-order valence-electron chi connectivity index (χ3n) is 8.54. The number of amides is 1. The van der Waals surface area contributed by atoms with Gasteiger partial charge in [-0.2, -0.15) is 0 Å². The maximum absolute atomic E-state index is 14.2. The van der Waals surface area contributed by atoms with Crippen LogP contribution >= 0.6 is 0 Å². The number of hydrogen-bond acceptors (Lipinski definition) is 7. The normalized spacial score (nSPS) is 28.1. The zero-order chi connectivity index (χ0) is 27.4. The number of aromatic amines is 1. The Morgan fingerprint density at radius 3 is 2.97 bits per heavy atom. The van der Waals surface area contributed by atoms with Crippen LogP contribution in [0.25, 0.3) is 0 Å². The Balaban J connectivity index is 1.24. The number of anilines is 1. The van der Waals surface area contributed by atoms with E-state index >= 15 is 0 Å². The maximum atomic E-state index is 14.2. The molecule has 9 nitrogen and oxygen atoms in total. The monoisotopic (exact) mass is 540 g/mol. The van der Waals surface area contributed by atoms with Crippen molar-refractivity contribution < 1.29 is 23.4 Å². The Morgan fingerprint density at radius 2 is 2.15 bits per heavy atom. The molecule has 1 unspecified atom stereocenters. The lowest BCUT2D eigenvalue weighted by molar-refractivity contribution is -0.0862. The highest BCUT2D eigenvalue weighted by Crippen LogP contribution is 2.45. The molecule has 39 heavy (non-hydrogen) atoms. The van der Waals surface area contributed by atoms with Gasteiger partial charge in [-0.15, -0.1) is 0 Å². The summed E-state index contributed by atoms with van der Waals surface area (Å²) in [6.07, 6.45) is 4.05. The number of rotatable bonds is 4. The van der Waals surface area contributed by atoms with Gasteiger partial charge in [0, 0.05) is 25.1 Å². The van der Waals surface area contributed by atoms with E-state index in [1.807, 2.05) is 39.0 Å². The Morgan fingerprint density at radius 1 is 1.31 bits per heavy atom. The number of carbonyl (C=O) groups is 1. The minimum absolute atomic E-state index is 0.141. The van der Waals surface area contributed by atoms with Crippen molar-refractivity contribution in [1.82, 2.24) is 14.9 Å². The van der Waals surface area contributed by atoms with Crippen molar-refractivity contribution in [3.8, 4) is 6.01 Å². The average molecular weight is 541 g/mol. The van der Waals surface area contributed by atoms with Crippen LogP contribution in [-0.4, -0.2) is 58.0 Å². The molecule has 4 heterocycles. The number of fused-ring (bicyclic) bond motifs is 4. The van der Waals surface area contributed by atoms with Crippen molar-refractivity contribution in [2.24, 2.45) is 0 Å². The molecule has 2 aromatic rings. The van der Waals surface area contributed by atoms with Gasteiger partial charge in [0.15, 0.2) is 0 Å². The van der Waals surface area contributed by atoms with Gasteiger partial charge >= 0.3 is 6.09 Å². The summed E-state index contributed by atoms with van der Waals surface area (Å²) in [5, 5.41) is 2.83. The molecule has 10 heteroatoms. The zero-order valence-electron chi connectivity index (χ0n) is 22.9. The number of aryl methyl sites for hydroxylation is 1. The first-order valence-corrected chi connectivity index (χ1v) is 14.0. The molecule has 0 radical (unpaired) electrons. The van der Waals surface area contributed by atoms with Gasteiger partial charge < -0.3 is 14.2 Å². The van der Waals surface area contributed by atoms with Gasteiger partial charge in [0.05, 0.1) is 29.0 Å². The Kier molecular flexibility index (Phi) is 6.45. The second-order valence-corrected chi connectivity index (χ2v) is 12.5. The molecule has 6 rings (SSSR count). The van der Waals surface area contributed by atoms with Gasteiger partial charge in [-0.25, -0.2) is 14.2 Å². The zero-order valence-corrected chi connectivity index (χ0v) is 22.9. The fourth-order valence-corrected chi connectivity index (χ4v) is 6.82. The van der Waals surface area contributed by atoms with Gasteiger partial charge in [-0.05, 0) is 82.7 Å². The molecule has 1 amide bonds. The molecule has 2 saturated heterocycles. The number of benzene rings is 1. The van der Waals surface area contributed by atoms with Crippen molar-refractivity contribution in [3.63, 3.8) is 0 Å². The summed E-state index contributed by atoms with van der Waals surface area (Å²) >= 11 is 0. The first-order chi connectivity index (χ1) is 18.5. The number of halogens is 1. The molecule has 1 spiro atoms. The highest BCUT2D eigenvalue weighted by molar-refractivity contribution is 5.85. The fraction of sp³-hybridized carbons (Fsp3) is 0.621. The number of nitrogens with zero attached hydrogens (tertiary/aromatic N) is 2. The number of H-pyrrole nitrogens is 1. The summed E-state index contributed by atoms with van der Waals surface area (Å²) in [6, 6.07) is 6.03. The van der Waals surface area contributed by atoms with Gasteiger partial charge in [-0.3, -0.25) is 20.0 Å². The van der Waals surface area contributed by atoms with E-state index in [0.29, 0.717) is 42.9 Å². The van der Waals surface area contributed by atoms with E-state index in [1.54, 1.807) is 0 Å². The van der Waals surface area contributed by atoms with Crippen molar-refractivity contribution in [1.29, 1.82) is 0 Å². The lowest BCUT2D eigenvalue weighted by Gasteiger charge is -2.42. The molecule has 2 fully saturated rings. The van der Waals surface area contributed by atoms with Crippen LogP contribution in [0.5, 0.6) is 6.01 Å². The number of aromatic nitrogens is 2. The first-order valence-electron chi connectivity index (χ1n) is 14.0. The van der Waals surface area contributed by atoms with E-state index in [0.717, 1.165) is 49.8 Å². The second kappa shape index (κ2) is 9.59. The number of nitrogens with one attached hydrogen (secondary N) is 2. The summed E-state index contributed by atoms with van der Waals surface area (Å²) in [5.41, 5.74) is 2.11. The topological polar surface area (TPSA) is 106 Å². The molecule has 1 aromatic heterocycles. The number of carbonyl (C=O) groups excluding carboxylic acids is 1. The lowest BCUT2D eigenvalue weighted by Crippen LogP contribution is -2.44. The van der Waals surface area contributed by atoms with E-state index in [4.69, 9.17) is 19.2 Å². The molecule has 0 saturated carbocycles. The summed E-state index contributed by atoms with van der Waals surface area (Å²) in [5.74, 6) is 0. The van der Waals surface area contributed by atoms with Gasteiger partial charge in [0.2, 0.25) is 0 Å². The summed E-state index contributed by atoms with van der Waals surface area (Å²) in [4.78, 5) is 35.1. The molecule has 4 aliphatic rings.